The average Bonchev–Trinajstić information content (AvgIpc) is 3.45. The third kappa shape index (κ3) is 4.43. The maximum Gasteiger partial charge on any atom is 0.114 e. The first-order valence-corrected chi connectivity index (χ1v) is 21.3. The van der Waals surface area contributed by atoms with Crippen molar-refractivity contribution in [3.8, 4) is 44.9 Å². The topological polar surface area (TPSA) is 38.7 Å². The van der Waals surface area contributed by atoms with E-state index in [0.717, 1.165) is 71.9 Å². The van der Waals surface area contributed by atoms with Gasteiger partial charge in [-0.05, 0) is 67.3 Å². The Hall–Kier alpha value is -6.49. The molecule has 0 fully saturated rings. The number of pyridine rings is 3. The SMILES string of the molecule is C[Si]1(C)c2ccccc2-c2ccc3nc(-c4c5ccccc5c(-c5ccc6ccc7ccc(-c8ccccc8)nc7c6n5)c5ccccc45)ccc3c21. The zero-order valence-corrected chi connectivity index (χ0v) is 30.4. The van der Waals surface area contributed by atoms with Crippen LogP contribution in [-0.4, -0.2) is 23.0 Å². The molecule has 0 unspecified atom stereocenters. The third-order valence-electron chi connectivity index (χ3n) is 11.4. The summed E-state index contributed by atoms with van der Waals surface area (Å²) < 4.78 is 0. The van der Waals surface area contributed by atoms with E-state index in [2.05, 4.69) is 171 Å². The van der Waals surface area contributed by atoms with E-state index in [-0.39, 0.29) is 0 Å². The molecule has 0 saturated carbocycles. The number of nitrogens with zero attached hydrogens (tertiary/aromatic N) is 3. The van der Waals surface area contributed by atoms with E-state index in [1.54, 1.807) is 0 Å². The molecule has 4 heterocycles. The van der Waals surface area contributed by atoms with E-state index >= 15 is 0 Å². The van der Waals surface area contributed by atoms with Gasteiger partial charge >= 0.3 is 0 Å². The molecule has 1 aliphatic rings. The molecular formula is C49H33N3Si. The molecule has 0 atom stereocenters. The summed E-state index contributed by atoms with van der Waals surface area (Å²) in [6.07, 6.45) is 0. The normalized spacial score (nSPS) is 13.2. The van der Waals surface area contributed by atoms with Crippen LogP contribution in [0.1, 0.15) is 0 Å². The standard InChI is InChI=1S/C49H33N3Si/c1-53(2)44-19-11-10-14-33(44)38-24-28-41-39(49(38)53)25-29-42(50-41)45-34-15-6-8-17-36(34)46(37-18-9-7-16-35(37)45)43-27-23-32-21-20-31-22-26-40(30-12-4-3-5-13-30)51-47(31)48(32)52-43/h3-29H,1-2H3. The lowest BCUT2D eigenvalue weighted by Crippen LogP contribution is -2.49. The Balaban J connectivity index is 1.13. The number of rotatable bonds is 3. The predicted molar refractivity (Wildman–Crippen MR) is 226 cm³/mol. The van der Waals surface area contributed by atoms with Gasteiger partial charge < -0.3 is 0 Å². The smallest absolute Gasteiger partial charge is 0.114 e. The highest BCUT2D eigenvalue weighted by Crippen LogP contribution is 2.44. The van der Waals surface area contributed by atoms with Gasteiger partial charge in [-0.1, -0.05) is 153 Å². The monoisotopic (exact) mass is 691 g/mol. The number of hydrogen-bond acceptors (Lipinski definition) is 3. The van der Waals surface area contributed by atoms with Crippen LogP contribution in [0.25, 0.3) is 99.2 Å². The second-order valence-electron chi connectivity index (χ2n) is 14.7. The van der Waals surface area contributed by atoms with Crippen molar-refractivity contribution in [3.63, 3.8) is 0 Å². The Morgan fingerprint density at radius 2 is 0.887 bits per heavy atom. The summed E-state index contributed by atoms with van der Waals surface area (Å²) in [6, 6.07) is 58.9. The Morgan fingerprint density at radius 3 is 1.55 bits per heavy atom. The molecule has 0 N–H and O–H groups in total. The van der Waals surface area contributed by atoms with Crippen molar-refractivity contribution in [1.82, 2.24) is 15.0 Å². The lowest BCUT2D eigenvalue weighted by Gasteiger charge is -2.21. The third-order valence-corrected chi connectivity index (χ3v) is 15.0. The van der Waals surface area contributed by atoms with Crippen molar-refractivity contribution < 1.29 is 0 Å². The van der Waals surface area contributed by atoms with Gasteiger partial charge in [-0.15, -0.1) is 0 Å². The minimum Gasteiger partial charge on any atom is -0.248 e. The van der Waals surface area contributed by atoms with Crippen molar-refractivity contribution in [2.45, 2.75) is 13.1 Å². The average molecular weight is 692 g/mol. The van der Waals surface area contributed by atoms with Crippen LogP contribution in [0.3, 0.4) is 0 Å². The maximum absolute atomic E-state index is 5.46. The zero-order chi connectivity index (χ0) is 35.3. The predicted octanol–water partition coefficient (Wildman–Crippen LogP) is 11.4. The van der Waals surface area contributed by atoms with Crippen molar-refractivity contribution in [2.75, 3.05) is 0 Å². The molecule has 0 spiro atoms. The molecule has 53 heavy (non-hydrogen) atoms. The second kappa shape index (κ2) is 11.3. The minimum absolute atomic E-state index is 0.910. The molecule has 3 nitrogen and oxygen atoms in total. The number of benzene rings is 7. The van der Waals surface area contributed by atoms with Crippen molar-refractivity contribution in [3.05, 3.63) is 164 Å². The van der Waals surface area contributed by atoms with Crippen molar-refractivity contribution in [2.24, 2.45) is 0 Å². The highest BCUT2D eigenvalue weighted by molar-refractivity contribution is 7.05. The van der Waals surface area contributed by atoms with Gasteiger partial charge in [0.2, 0.25) is 0 Å². The van der Waals surface area contributed by atoms with Crippen LogP contribution in [0.2, 0.25) is 13.1 Å². The van der Waals surface area contributed by atoms with Gasteiger partial charge in [0, 0.05) is 32.8 Å². The van der Waals surface area contributed by atoms with E-state index in [1.165, 1.54) is 37.7 Å². The van der Waals surface area contributed by atoms with Crippen LogP contribution in [0, 0.1) is 0 Å². The molecule has 248 valence electrons. The van der Waals surface area contributed by atoms with Crippen molar-refractivity contribution >= 4 is 72.7 Å². The summed E-state index contributed by atoms with van der Waals surface area (Å²) in [5, 5.41) is 11.1. The Kier molecular flexibility index (Phi) is 6.40. The fraction of sp³-hybridized carbons (Fsp3) is 0.0408. The summed E-state index contributed by atoms with van der Waals surface area (Å²) in [5.41, 5.74) is 11.9. The quantitative estimate of drug-likeness (QED) is 0.105. The second-order valence-corrected chi connectivity index (χ2v) is 19.0. The molecule has 1 aliphatic heterocycles. The van der Waals surface area contributed by atoms with E-state index in [0.29, 0.717) is 0 Å². The van der Waals surface area contributed by atoms with E-state index in [4.69, 9.17) is 15.0 Å². The van der Waals surface area contributed by atoms with Crippen LogP contribution in [0.15, 0.2) is 164 Å². The Bertz CT molecular complexity index is 3090. The molecule has 0 saturated heterocycles. The maximum atomic E-state index is 5.46. The van der Waals surface area contributed by atoms with Gasteiger partial charge in [0.05, 0.1) is 33.6 Å². The van der Waals surface area contributed by atoms with Crippen LogP contribution in [0.4, 0.5) is 0 Å². The van der Waals surface area contributed by atoms with Gasteiger partial charge in [0.15, 0.2) is 0 Å². The van der Waals surface area contributed by atoms with Crippen molar-refractivity contribution in [1.29, 1.82) is 0 Å². The molecule has 10 aromatic rings. The first-order chi connectivity index (χ1) is 26.0. The fourth-order valence-corrected chi connectivity index (χ4v) is 12.4. The molecule has 0 amide bonds. The first kappa shape index (κ1) is 30.2. The molecule has 0 radical (unpaired) electrons. The van der Waals surface area contributed by atoms with Crippen LogP contribution >= 0.6 is 0 Å². The highest BCUT2D eigenvalue weighted by atomic mass is 28.3. The number of fused-ring (bicyclic) bond motifs is 10. The lowest BCUT2D eigenvalue weighted by atomic mass is 9.88. The minimum atomic E-state index is -1.88. The molecule has 3 aromatic heterocycles. The summed E-state index contributed by atoms with van der Waals surface area (Å²) in [6.45, 7) is 4.96. The van der Waals surface area contributed by atoms with Gasteiger partial charge in [0.1, 0.15) is 8.07 Å². The summed E-state index contributed by atoms with van der Waals surface area (Å²) >= 11 is 0. The van der Waals surface area contributed by atoms with Crippen LogP contribution in [0.5, 0.6) is 0 Å². The van der Waals surface area contributed by atoms with Gasteiger partial charge in [-0.3, -0.25) is 0 Å². The zero-order valence-electron chi connectivity index (χ0n) is 29.4. The fourth-order valence-electron chi connectivity index (χ4n) is 9.00. The van der Waals surface area contributed by atoms with Gasteiger partial charge in [-0.2, -0.15) is 0 Å². The van der Waals surface area contributed by atoms with Crippen LogP contribution in [-0.2, 0) is 0 Å². The Morgan fingerprint density at radius 1 is 0.377 bits per heavy atom. The molecule has 7 aromatic carbocycles. The number of aromatic nitrogens is 3. The molecule has 0 bridgehead atoms. The van der Waals surface area contributed by atoms with E-state index < -0.39 is 8.07 Å². The van der Waals surface area contributed by atoms with Gasteiger partial charge in [-0.25, -0.2) is 15.0 Å². The largest absolute Gasteiger partial charge is 0.248 e. The van der Waals surface area contributed by atoms with E-state index in [1.807, 2.05) is 6.07 Å². The molecule has 4 heteroatoms. The lowest BCUT2D eigenvalue weighted by molar-refractivity contribution is 1.37. The number of hydrogen-bond donors (Lipinski definition) is 0. The highest BCUT2D eigenvalue weighted by Gasteiger charge is 2.38. The molecule has 11 rings (SSSR count). The molecular weight excluding hydrogens is 659 g/mol. The Labute approximate surface area is 308 Å². The molecule has 0 aliphatic carbocycles. The summed E-state index contributed by atoms with van der Waals surface area (Å²) in [4.78, 5) is 16.1. The summed E-state index contributed by atoms with van der Waals surface area (Å²) in [7, 11) is -1.88. The summed E-state index contributed by atoms with van der Waals surface area (Å²) in [5.74, 6) is 0. The van der Waals surface area contributed by atoms with Gasteiger partial charge in [0.25, 0.3) is 0 Å². The first-order valence-electron chi connectivity index (χ1n) is 18.3. The van der Waals surface area contributed by atoms with E-state index in [9.17, 15) is 0 Å². The van der Waals surface area contributed by atoms with Crippen LogP contribution < -0.4 is 10.4 Å².